The van der Waals surface area contributed by atoms with Crippen LogP contribution in [0.3, 0.4) is 0 Å². The molecule has 1 fully saturated rings. The third-order valence-corrected chi connectivity index (χ3v) is 2.80. The molecule has 0 bridgehead atoms. The van der Waals surface area contributed by atoms with Gasteiger partial charge in [-0.1, -0.05) is 6.42 Å². The first-order chi connectivity index (χ1) is 5.75. The van der Waals surface area contributed by atoms with E-state index < -0.39 is 0 Å². The Morgan fingerprint density at radius 3 is 2.75 bits per heavy atom. The highest BCUT2D eigenvalue weighted by atomic mass is 16.3. The van der Waals surface area contributed by atoms with Crippen molar-refractivity contribution in [1.29, 1.82) is 0 Å². The second kappa shape index (κ2) is 4.83. The zero-order valence-corrected chi connectivity index (χ0v) is 8.29. The summed E-state index contributed by atoms with van der Waals surface area (Å²) in [6, 6.07) is 1.28. The minimum Gasteiger partial charge on any atom is -0.396 e. The van der Waals surface area contributed by atoms with Crippen molar-refractivity contribution < 1.29 is 5.11 Å². The normalized spacial score (nSPS) is 26.5. The van der Waals surface area contributed by atoms with Gasteiger partial charge in [0.05, 0.1) is 0 Å². The van der Waals surface area contributed by atoms with Crippen molar-refractivity contribution in [3.05, 3.63) is 0 Å². The SMILES string of the molecule is CC(C)N1CCCC[C@H]1CCO. The van der Waals surface area contributed by atoms with Crippen LogP contribution in [0.15, 0.2) is 0 Å². The largest absolute Gasteiger partial charge is 0.396 e. The average molecular weight is 171 g/mol. The molecular weight excluding hydrogens is 150 g/mol. The van der Waals surface area contributed by atoms with Crippen molar-refractivity contribution in [1.82, 2.24) is 4.90 Å². The van der Waals surface area contributed by atoms with Crippen molar-refractivity contribution in [2.24, 2.45) is 0 Å². The lowest BCUT2D eigenvalue weighted by atomic mass is 9.98. The van der Waals surface area contributed by atoms with Gasteiger partial charge in [-0.05, 0) is 39.7 Å². The summed E-state index contributed by atoms with van der Waals surface area (Å²) in [5.74, 6) is 0. The minimum atomic E-state index is 0.341. The third kappa shape index (κ3) is 2.46. The lowest BCUT2D eigenvalue weighted by Crippen LogP contribution is -2.44. The molecule has 0 radical (unpaired) electrons. The van der Waals surface area contributed by atoms with Crippen molar-refractivity contribution in [3.63, 3.8) is 0 Å². The molecule has 0 aromatic heterocycles. The molecule has 0 aromatic rings. The van der Waals surface area contributed by atoms with Gasteiger partial charge >= 0.3 is 0 Å². The zero-order valence-electron chi connectivity index (χ0n) is 8.29. The number of aliphatic hydroxyl groups excluding tert-OH is 1. The highest BCUT2D eigenvalue weighted by Gasteiger charge is 2.23. The van der Waals surface area contributed by atoms with Crippen molar-refractivity contribution in [3.8, 4) is 0 Å². The number of piperidine rings is 1. The Morgan fingerprint density at radius 2 is 2.17 bits per heavy atom. The molecule has 0 aromatic carbocycles. The fourth-order valence-corrected chi connectivity index (χ4v) is 2.16. The van der Waals surface area contributed by atoms with Gasteiger partial charge in [0.1, 0.15) is 0 Å². The Bertz CT molecular complexity index is 123. The first-order valence-corrected chi connectivity index (χ1v) is 5.12. The number of nitrogens with zero attached hydrogens (tertiary/aromatic N) is 1. The van der Waals surface area contributed by atoms with Crippen LogP contribution in [0.4, 0.5) is 0 Å². The molecule has 0 spiro atoms. The number of aliphatic hydroxyl groups is 1. The summed E-state index contributed by atoms with van der Waals surface area (Å²) in [6.07, 6.45) is 4.91. The molecule has 1 N–H and O–H groups in total. The van der Waals surface area contributed by atoms with E-state index in [1.165, 1.54) is 25.8 Å². The van der Waals surface area contributed by atoms with Gasteiger partial charge in [0.15, 0.2) is 0 Å². The molecule has 0 amide bonds. The monoisotopic (exact) mass is 171 g/mol. The van der Waals surface area contributed by atoms with Gasteiger partial charge in [0.25, 0.3) is 0 Å². The molecule has 12 heavy (non-hydrogen) atoms. The van der Waals surface area contributed by atoms with Crippen LogP contribution < -0.4 is 0 Å². The molecule has 1 aliphatic rings. The maximum atomic E-state index is 8.89. The summed E-state index contributed by atoms with van der Waals surface area (Å²) in [7, 11) is 0. The summed E-state index contributed by atoms with van der Waals surface area (Å²) in [5.41, 5.74) is 0. The van der Waals surface area contributed by atoms with Gasteiger partial charge in [-0.2, -0.15) is 0 Å². The van der Waals surface area contributed by atoms with E-state index in [2.05, 4.69) is 18.7 Å². The number of rotatable bonds is 3. The first kappa shape index (κ1) is 10.0. The number of hydrogen-bond donors (Lipinski definition) is 1. The fraction of sp³-hybridized carbons (Fsp3) is 1.00. The second-order valence-electron chi connectivity index (χ2n) is 3.99. The summed E-state index contributed by atoms with van der Waals surface area (Å²) in [6.45, 7) is 6.06. The van der Waals surface area contributed by atoms with Crippen molar-refractivity contribution >= 4 is 0 Å². The van der Waals surface area contributed by atoms with Crippen molar-refractivity contribution in [2.75, 3.05) is 13.2 Å². The lowest BCUT2D eigenvalue weighted by Gasteiger charge is -2.38. The van der Waals surface area contributed by atoms with E-state index in [4.69, 9.17) is 5.11 Å². The van der Waals surface area contributed by atoms with E-state index in [9.17, 15) is 0 Å². The quantitative estimate of drug-likeness (QED) is 0.697. The molecule has 2 nitrogen and oxygen atoms in total. The van der Waals surface area contributed by atoms with E-state index in [1.807, 2.05) is 0 Å². The van der Waals surface area contributed by atoms with Crippen LogP contribution in [0.1, 0.15) is 39.5 Å². The van der Waals surface area contributed by atoms with Gasteiger partial charge in [0, 0.05) is 18.7 Å². The Labute approximate surface area is 75.6 Å². The van der Waals surface area contributed by atoms with Crippen LogP contribution in [0, 0.1) is 0 Å². The van der Waals surface area contributed by atoms with Crippen LogP contribution in [0.2, 0.25) is 0 Å². The molecule has 1 aliphatic heterocycles. The first-order valence-electron chi connectivity index (χ1n) is 5.12. The van der Waals surface area contributed by atoms with E-state index in [1.54, 1.807) is 0 Å². The van der Waals surface area contributed by atoms with Crippen LogP contribution in [0.5, 0.6) is 0 Å². The van der Waals surface area contributed by atoms with E-state index in [-0.39, 0.29) is 0 Å². The zero-order chi connectivity index (χ0) is 8.97. The number of hydrogen-bond acceptors (Lipinski definition) is 2. The fourth-order valence-electron chi connectivity index (χ4n) is 2.16. The maximum absolute atomic E-state index is 8.89. The van der Waals surface area contributed by atoms with Crippen LogP contribution >= 0.6 is 0 Å². The maximum Gasteiger partial charge on any atom is 0.0445 e. The third-order valence-electron chi connectivity index (χ3n) is 2.80. The van der Waals surface area contributed by atoms with Gasteiger partial charge in [-0.15, -0.1) is 0 Å². The van der Waals surface area contributed by atoms with Crippen LogP contribution in [0.25, 0.3) is 0 Å². The molecule has 1 rings (SSSR count). The second-order valence-corrected chi connectivity index (χ2v) is 3.99. The molecule has 0 unspecified atom stereocenters. The molecule has 1 heterocycles. The highest BCUT2D eigenvalue weighted by molar-refractivity contribution is 4.78. The van der Waals surface area contributed by atoms with E-state index in [0.29, 0.717) is 18.7 Å². The predicted octanol–water partition coefficient (Wildman–Crippen LogP) is 1.63. The summed E-state index contributed by atoms with van der Waals surface area (Å²) in [4.78, 5) is 2.53. The average Bonchev–Trinajstić information content (AvgIpc) is 2.05. The van der Waals surface area contributed by atoms with E-state index in [0.717, 1.165) is 6.42 Å². The Kier molecular flexibility index (Phi) is 4.02. The highest BCUT2D eigenvalue weighted by Crippen LogP contribution is 2.21. The Morgan fingerprint density at radius 1 is 1.42 bits per heavy atom. The van der Waals surface area contributed by atoms with Gasteiger partial charge in [-0.3, -0.25) is 4.90 Å². The van der Waals surface area contributed by atoms with Gasteiger partial charge in [-0.25, -0.2) is 0 Å². The molecule has 0 aliphatic carbocycles. The summed E-state index contributed by atoms with van der Waals surface area (Å²) < 4.78 is 0. The minimum absolute atomic E-state index is 0.341. The Hall–Kier alpha value is -0.0800. The lowest BCUT2D eigenvalue weighted by molar-refractivity contribution is 0.0901. The Balaban J connectivity index is 2.42. The molecule has 1 saturated heterocycles. The summed E-state index contributed by atoms with van der Waals surface area (Å²) in [5, 5.41) is 8.89. The molecular formula is C10H21NO. The van der Waals surface area contributed by atoms with Crippen molar-refractivity contribution in [2.45, 2.75) is 51.6 Å². The van der Waals surface area contributed by atoms with Crippen LogP contribution in [-0.4, -0.2) is 35.2 Å². The summed E-state index contributed by atoms with van der Waals surface area (Å²) >= 11 is 0. The van der Waals surface area contributed by atoms with Crippen LogP contribution in [-0.2, 0) is 0 Å². The molecule has 2 heteroatoms. The van der Waals surface area contributed by atoms with Gasteiger partial charge in [0.2, 0.25) is 0 Å². The van der Waals surface area contributed by atoms with E-state index >= 15 is 0 Å². The number of likely N-dealkylation sites (tertiary alicyclic amines) is 1. The topological polar surface area (TPSA) is 23.5 Å². The standard InChI is InChI=1S/C10H21NO/c1-9(2)11-7-4-3-5-10(11)6-8-12/h9-10,12H,3-8H2,1-2H3/t10-/m0/s1. The molecule has 0 saturated carbocycles. The smallest absolute Gasteiger partial charge is 0.0445 e. The predicted molar refractivity (Wildman–Crippen MR) is 51.2 cm³/mol. The molecule has 72 valence electrons. The van der Waals surface area contributed by atoms with Gasteiger partial charge < -0.3 is 5.11 Å². The molecule has 1 atom stereocenters.